The van der Waals surface area contributed by atoms with E-state index in [0.717, 1.165) is 22.5 Å². The van der Waals surface area contributed by atoms with Gasteiger partial charge in [-0.3, -0.25) is 4.68 Å². The number of aromatic nitrogens is 3. The minimum Gasteiger partial charge on any atom is -0.383 e. The van der Waals surface area contributed by atoms with Crippen molar-refractivity contribution < 1.29 is 4.74 Å². The second-order valence-corrected chi connectivity index (χ2v) is 4.60. The summed E-state index contributed by atoms with van der Waals surface area (Å²) in [6.07, 6.45) is 3.75. The van der Waals surface area contributed by atoms with Crippen LogP contribution in [0.2, 0.25) is 0 Å². The highest BCUT2D eigenvalue weighted by molar-refractivity contribution is 9.10. The molecule has 96 valence electrons. The van der Waals surface area contributed by atoms with Crippen molar-refractivity contribution >= 4 is 21.6 Å². The second-order valence-electron chi connectivity index (χ2n) is 3.79. The third-order valence-electron chi connectivity index (χ3n) is 2.40. The molecule has 2 rings (SSSR count). The lowest BCUT2D eigenvalue weighted by Gasteiger charge is -2.03. The van der Waals surface area contributed by atoms with Crippen LogP contribution >= 0.6 is 15.9 Å². The molecule has 0 spiro atoms. The maximum atomic E-state index is 5.00. The number of nitrogens with one attached hydrogen (secondary N) is 1. The van der Waals surface area contributed by atoms with E-state index in [1.165, 1.54) is 0 Å². The number of pyridine rings is 1. The first-order chi connectivity index (χ1) is 8.78. The highest BCUT2D eigenvalue weighted by Gasteiger charge is 1.99. The third kappa shape index (κ3) is 3.82. The zero-order valence-corrected chi connectivity index (χ0v) is 11.7. The van der Waals surface area contributed by atoms with Crippen LogP contribution in [0.25, 0.3) is 0 Å². The molecule has 1 N–H and O–H groups in total. The maximum Gasteiger partial charge on any atom is 0.106 e. The monoisotopic (exact) mass is 310 g/mol. The predicted octanol–water partition coefficient (Wildman–Crippen LogP) is 2.30. The van der Waals surface area contributed by atoms with Gasteiger partial charge in [0.05, 0.1) is 37.3 Å². The number of hydrogen-bond donors (Lipinski definition) is 1. The van der Waals surface area contributed by atoms with Gasteiger partial charge in [0.15, 0.2) is 0 Å². The number of methoxy groups -OCH3 is 1. The molecule has 6 heteroatoms. The van der Waals surface area contributed by atoms with Gasteiger partial charge in [0, 0.05) is 13.3 Å². The molecule has 0 bridgehead atoms. The summed E-state index contributed by atoms with van der Waals surface area (Å²) in [5, 5.41) is 7.51. The van der Waals surface area contributed by atoms with E-state index in [1.807, 2.05) is 29.1 Å². The second kappa shape index (κ2) is 6.51. The van der Waals surface area contributed by atoms with E-state index in [2.05, 4.69) is 31.3 Å². The molecule has 0 saturated carbocycles. The fraction of sp³-hybridized carbons (Fsp3) is 0.333. The molecule has 0 radical (unpaired) electrons. The Morgan fingerprint density at radius 3 is 3.11 bits per heavy atom. The molecular weight excluding hydrogens is 296 g/mol. The van der Waals surface area contributed by atoms with Crippen LogP contribution in [0.15, 0.2) is 35.2 Å². The predicted molar refractivity (Wildman–Crippen MR) is 73.4 cm³/mol. The Hall–Kier alpha value is -1.40. The van der Waals surface area contributed by atoms with Crippen molar-refractivity contribution in [3.63, 3.8) is 0 Å². The van der Waals surface area contributed by atoms with Crippen molar-refractivity contribution in [1.82, 2.24) is 14.8 Å². The molecule has 18 heavy (non-hydrogen) atoms. The van der Waals surface area contributed by atoms with Crippen molar-refractivity contribution in [2.75, 3.05) is 19.0 Å². The van der Waals surface area contributed by atoms with Crippen LogP contribution in [0.3, 0.4) is 0 Å². The Balaban J connectivity index is 1.88. The molecule has 0 amide bonds. The average molecular weight is 311 g/mol. The molecule has 0 unspecified atom stereocenters. The molecular formula is C12H15BrN4O. The van der Waals surface area contributed by atoms with Gasteiger partial charge >= 0.3 is 0 Å². The third-order valence-corrected chi connectivity index (χ3v) is 2.85. The van der Waals surface area contributed by atoms with Crippen molar-refractivity contribution in [3.05, 3.63) is 40.9 Å². The largest absolute Gasteiger partial charge is 0.383 e. The van der Waals surface area contributed by atoms with E-state index >= 15 is 0 Å². The van der Waals surface area contributed by atoms with Gasteiger partial charge in [-0.25, -0.2) is 4.98 Å². The molecule has 2 heterocycles. The van der Waals surface area contributed by atoms with Gasteiger partial charge in [0.1, 0.15) is 4.60 Å². The lowest BCUT2D eigenvalue weighted by atomic mass is 10.3. The SMILES string of the molecule is COCCn1cc(NCc2cccc(Br)n2)cn1. The first-order valence-corrected chi connectivity index (χ1v) is 6.44. The summed E-state index contributed by atoms with van der Waals surface area (Å²) in [7, 11) is 1.68. The molecule has 2 aromatic rings. The molecule has 0 fully saturated rings. The van der Waals surface area contributed by atoms with Crippen LogP contribution in [-0.2, 0) is 17.8 Å². The fourth-order valence-corrected chi connectivity index (χ4v) is 1.88. The van der Waals surface area contributed by atoms with Crippen molar-refractivity contribution in [2.45, 2.75) is 13.1 Å². The Labute approximate surface area is 114 Å². The molecule has 0 aliphatic rings. The average Bonchev–Trinajstić information content (AvgIpc) is 2.82. The number of halogens is 1. The quantitative estimate of drug-likeness (QED) is 0.832. The topological polar surface area (TPSA) is 52.0 Å². The standard InChI is InChI=1S/C12H15BrN4O/c1-18-6-5-17-9-11(8-15-17)14-7-10-3-2-4-12(13)16-10/h2-4,8-9,14H,5-7H2,1H3. The van der Waals surface area contributed by atoms with Crippen molar-refractivity contribution in [1.29, 1.82) is 0 Å². The Bertz CT molecular complexity index is 500. The van der Waals surface area contributed by atoms with Crippen LogP contribution in [-0.4, -0.2) is 28.5 Å². The number of hydrogen-bond acceptors (Lipinski definition) is 4. The van der Waals surface area contributed by atoms with Gasteiger partial charge in [-0.05, 0) is 28.1 Å². The van der Waals surface area contributed by atoms with Crippen LogP contribution < -0.4 is 5.32 Å². The van der Waals surface area contributed by atoms with Crippen LogP contribution in [0, 0.1) is 0 Å². The minimum atomic E-state index is 0.661. The van der Waals surface area contributed by atoms with Gasteiger partial charge in [0.25, 0.3) is 0 Å². The minimum absolute atomic E-state index is 0.661. The van der Waals surface area contributed by atoms with Crippen LogP contribution in [0.4, 0.5) is 5.69 Å². The summed E-state index contributed by atoms with van der Waals surface area (Å²) in [5.74, 6) is 0. The van der Waals surface area contributed by atoms with Gasteiger partial charge in [-0.15, -0.1) is 0 Å². The molecule has 0 atom stereocenters. The Kier molecular flexibility index (Phi) is 4.72. The normalized spacial score (nSPS) is 10.6. The fourth-order valence-electron chi connectivity index (χ4n) is 1.50. The number of nitrogens with zero attached hydrogens (tertiary/aromatic N) is 3. The molecule has 0 aromatic carbocycles. The zero-order chi connectivity index (χ0) is 12.8. The summed E-state index contributed by atoms with van der Waals surface area (Å²) >= 11 is 3.35. The Morgan fingerprint density at radius 2 is 2.33 bits per heavy atom. The Morgan fingerprint density at radius 1 is 1.44 bits per heavy atom. The summed E-state index contributed by atoms with van der Waals surface area (Å²) in [6, 6.07) is 5.86. The lowest BCUT2D eigenvalue weighted by Crippen LogP contribution is -2.04. The summed E-state index contributed by atoms with van der Waals surface area (Å²) in [6.45, 7) is 2.09. The summed E-state index contributed by atoms with van der Waals surface area (Å²) < 4.78 is 7.69. The summed E-state index contributed by atoms with van der Waals surface area (Å²) in [4.78, 5) is 4.35. The zero-order valence-electron chi connectivity index (χ0n) is 10.1. The summed E-state index contributed by atoms with van der Waals surface area (Å²) in [5.41, 5.74) is 1.96. The van der Waals surface area contributed by atoms with E-state index in [4.69, 9.17) is 4.74 Å². The van der Waals surface area contributed by atoms with Gasteiger partial charge in [-0.1, -0.05) is 6.07 Å². The van der Waals surface area contributed by atoms with Gasteiger partial charge in [-0.2, -0.15) is 5.10 Å². The smallest absolute Gasteiger partial charge is 0.106 e. The van der Waals surface area contributed by atoms with E-state index in [0.29, 0.717) is 13.2 Å². The number of anilines is 1. The molecule has 5 nitrogen and oxygen atoms in total. The highest BCUT2D eigenvalue weighted by atomic mass is 79.9. The van der Waals surface area contributed by atoms with Gasteiger partial charge < -0.3 is 10.1 Å². The highest BCUT2D eigenvalue weighted by Crippen LogP contribution is 2.09. The van der Waals surface area contributed by atoms with Gasteiger partial charge in [0.2, 0.25) is 0 Å². The van der Waals surface area contributed by atoms with Crippen molar-refractivity contribution in [2.24, 2.45) is 0 Å². The lowest BCUT2D eigenvalue weighted by molar-refractivity contribution is 0.183. The van der Waals surface area contributed by atoms with E-state index in [1.54, 1.807) is 13.3 Å². The molecule has 0 aliphatic heterocycles. The molecule has 0 saturated heterocycles. The first-order valence-electron chi connectivity index (χ1n) is 5.64. The molecule has 2 aromatic heterocycles. The van der Waals surface area contributed by atoms with E-state index in [9.17, 15) is 0 Å². The van der Waals surface area contributed by atoms with Crippen LogP contribution in [0.1, 0.15) is 5.69 Å². The van der Waals surface area contributed by atoms with Crippen LogP contribution in [0.5, 0.6) is 0 Å². The van der Waals surface area contributed by atoms with Crippen molar-refractivity contribution in [3.8, 4) is 0 Å². The van der Waals surface area contributed by atoms with E-state index in [-0.39, 0.29) is 0 Å². The molecule has 0 aliphatic carbocycles. The van der Waals surface area contributed by atoms with E-state index < -0.39 is 0 Å². The first kappa shape index (κ1) is 13.0. The maximum absolute atomic E-state index is 5.00. The number of rotatable bonds is 6. The number of ether oxygens (including phenoxy) is 1.